The van der Waals surface area contributed by atoms with E-state index in [0.29, 0.717) is 17.9 Å². The van der Waals surface area contributed by atoms with E-state index >= 15 is 0 Å². The molecule has 0 radical (unpaired) electrons. The summed E-state index contributed by atoms with van der Waals surface area (Å²) >= 11 is 0. The Bertz CT molecular complexity index is 699. The Labute approximate surface area is 143 Å². The molecule has 0 saturated carbocycles. The van der Waals surface area contributed by atoms with E-state index in [9.17, 15) is 18.0 Å². The molecule has 0 atom stereocenters. The van der Waals surface area contributed by atoms with Crippen molar-refractivity contribution in [1.82, 2.24) is 5.32 Å². The topological polar surface area (TPSA) is 47.6 Å². The predicted molar refractivity (Wildman–Crippen MR) is 86.8 cm³/mol. The van der Waals surface area contributed by atoms with Gasteiger partial charge in [0.1, 0.15) is 11.5 Å². The predicted octanol–water partition coefficient (Wildman–Crippen LogP) is 3.96. The summed E-state index contributed by atoms with van der Waals surface area (Å²) in [6.07, 6.45) is -4.37. The molecule has 0 unspecified atom stereocenters. The van der Waals surface area contributed by atoms with Gasteiger partial charge in [0.15, 0.2) is 6.61 Å². The lowest BCUT2D eigenvalue weighted by molar-refractivity contribution is -0.153. The van der Waals surface area contributed by atoms with Gasteiger partial charge in [0.2, 0.25) is 0 Å². The van der Waals surface area contributed by atoms with Gasteiger partial charge in [-0.05, 0) is 36.8 Å². The summed E-state index contributed by atoms with van der Waals surface area (Å²) in [6.45, 7) is 1.18. The Balaban J connectivity index is 1.92. The zero-order valence-corrected chi connectivity index (χ0v) is 13.6. The number of carbonyl (C=O) groups excluding carboxylic acids is 1. The van der Waals surface area contributed by atoms with Crippen LogP contribution >= 0.6 is 0 Å². The molecule has 134 valence electrons. The normalized spacial score (nSPS) is 11.0. The first-order chi connectivity index (χ1) is 11.9. The molecule has 0 fully saturated rings. The van der Waals surface area contributed by atoms with Crippen molar-refractivity contribution >= 4 is 5.91 Å². The first-order valence-corrected chi connectivity index (χ1v) is 7.67. The maximum Gasteiger partial charge on any atom is 0.422 e. The molecule has 0 aliphatic rings. The van der Waals surface area contributed by atoms with Crippen molar-refractivity contribution < 1.29 is 27.4 Å². The molecule has 2 aromatic carbocycles. The van der Waals surface area contributed by atoms with E-state index in [1.807, 2.05) is 6.92 Å². The Kier molecular flexibility index (Phi) is 6.27. The van der Waals surface area contributed by atoms with E-state index in [1.165, 1.54) is 12.1 Å². The van der Waals surface area contributed by atoms with Crippen LogP contribution < -0.4 is 14.8 Å². The summed E-state index contributed by atoms with van der Waals surface area (Å²) in [5, 5.41) is 2.75. The zero-order valence-electron chi connectivity index (χ0n) is 13.6. The molecule has 4 nitrogen and oxygen atoms in total. The second kappa shape index (κ2) is 8.41. The molecule has 0 bridgehead atoms. The molecular formula is C18H18F3NO3. The molecule has 1 amide bonds. The highest BCUT2D eigenvalue weighted by Crippen LogP contribution is 2.20. The van der Waals surface area contributed by atoms with Gasteiger partial charge in [0.05, 0.1) is 12.2 Å². The number of benzene rings is 2. The van der Waals surface area contributed by atoms with E-state index in [1.54, 1.807) is 36.4 Å². The van der Waals surface area contributed by atoms with Crippen LogP contribution in [-0.2, 0) is 6.54 Å². The van der Waals surface area contributed by atoms with Crippen LogP contribution in [0.1, 0.15) is 22.8 Å². The van der Waals surface area contributed by atoms with Crippen LogP contribution in [0.25, 0.3) is 0 Å². The van der Waals surface area contributed by atoms with E-state index in [4.69, 9.17) is 4.74 Å². The third-order valence-corrected chi connectivity index (χ3v) is 3.21. The quantitative estimate of drug-likeness (QED) is 0.820. The lowest BCUT2D eigenvalue weighted by Gasteiger charge is -2.11. The fourth-order valence-electron chi connectivity index (χ4n) is 2.08. The number of halogens is 3. The van der Waals surface area contributed by atoms with Gasteiger partial charge in [-0.3, -0.25) is 4.79 Å². The Morgan fingerprint density at radius 2 is 1.72 bits per heavy atom. The molecule has 0 spiro atoms. The summed E-state index contributed by atoms with van der Waals surface area (Å²) in [6, 6.07) is 13.0. The fraction of sp³-hybridized carbons (Fsp3) is 0.278. The molecule has 0 aromatic heterocycles. The average Bonchev–Trinajstić information content (AvgIpc) is 2.59. The minimum absolute atomic E-state index is 0.120. The van der Waals surface area contributed by atoms with Crippen LogP contribution in [0.3, 0.4) is 0 Å². The van der Waals surface area contributed by atoms with Crippen LogP contribution in [-0.4, -0.2) is 25.3 Å². The lowest BCUT2D eigenvalue weighted by Crippen LogP contribution is -2.23. The Morgan fingerprint density at radius 3 is 2.36 bits per heavy atom. The number of carbonyl (C=O) groups is 1. The molecule has 0 heterocycles. The van der Waals surface area contributed by atoms with Gasteiger partial charge >= 0.3 is 6.18 Å². The van der Waals surface area contributed by atoms with E-state index in [-0.39, 0.29) is 18.2 Å². The average molecular weight is 353 g/mol. The third kappa shape index (κ3) is 6.02. The Hall–Kier alpha value is -2.70. The second-order valence-electron chi connectivity index (χ2n) is 5.16. The van der Waals surface area contributed by atoms with E-state index in [0.717, 1.165) is 5.56 Å². The van der Waals surface area contributed by atoms with Crippen molar-refractivity contribution in [2.24, 2.45) is 0 Å². The van der Waals surface area contributed by atoms with Crippen molar-refractivity contribution in [3.63, 3.8) is 0 Å². The maximum absolute atomic E-state index is 12.3. The van der Waals surface area contributed by atoms with Crippen molar-refractivity contribution in [1.29, 1.82) is 0 Å². The van der Waals surface area contributed by atoms with Gasteiger partial charge in [-0.15, -0.1) is 0 Å². The molecule has 2 aromatic rings. The summed E-state index contributed by atoms with van der Waals surface area (Å²) in [7, 11) is 0. The SMILES string of the molecule is CCOc1ccccc1C(=O)NCc1ccc(OCC(F)(F)F)cc1. The number of para-hydroxylation sites is 1. The molecule has 2 rings (SSSR count). The molecule has 0 aliphatic carbocycles. The first-order valence-electron chi connectivity index (χ1n) is 7.67. The summed E-state index contributed by atoms with van der Waals surface area (Å²) in [5.74, 6) is 0.328. The number of rotatable bonds is 7. The van der Waals surface area contributed by atoms with Crippen molar-refractivity contribution in [3.05, 3.63) is 59.7 Å². The molecule has 0 aliphatic heterocycles. The smallest absolute Gasteiger partial charge is 0.422 e. The number of alkyl halides is 3. The number of ether oxygens (including phenoxy) is 2. The van der Waals surface area contributed by atoms with Gasteiger partial charge in [-0.25, -0.2) is 0 Å². The molecular weight excluding hydrogens is 335 g/mol. The van der Waals surface area contributed by atoms with Gasteiger partial charge < -0.3 is 14.8 Å². The van der Waals surface area contributed by atoms with Gasteiger partial charge in [-0.1, -0.05) is 24.3 Å². The Morgan fingerprint density at radius 1 is 1.04 bits per heavy atom. The van der Waals surface area contributed by atoms with E-state index < -0.39 is 12.8 Å². The molecule has 7 heteroatoms. The van der Waals surface area contributed by atoms with Crippen LogP contribution in [0.15, 0.2) is 48.5 Å². The minimum atomic E-state index is -4.37. The van der Waals surface area contributed by atoms with Crippen molar-refractivity contribution in [3.8, 4) is 11.5 Å². The molecule has 25 heavy (non-hydrogen) atoms. The summed E-state index contributed by atoms with van der Waals surface area (Å²) in [5.41, 5.74) is 1.16. The van der Waals surface area contributed by atoms with E-state index in [2.05, 4.69) is 10.1 Å². The highest BCUT2D eigenvalue weighted by atomic mass is 19.4. The van der Waals surface area contributed by atoms with Crippen LogP contribution in [0.4, 0.5) is 13.2 Å². The first kappa shape index (κ1) is 18.6. The molecule has 1 N–H and O–H groups in total. The zero-order chi connectivity index (χ0) is 18.3. The van der Waals surface area contributed by atoms with Crippen LogP contribution in [0, 0.1) is 0 Å². The highest BCUT2D eigenvalue weighted by Gasteiger charge is 2.28. The van der Waals surface area contributed by atoms with Crippen molar-refractivity contribution in [2.45, 2.75) is 19.6 Å². The van der Waals surface area contributed by atoms with Gasteiger partial charge in [-0.2, -0.15) is 13.2 Å². The minimum Gasteiger partial charge on any atom is -0.493 e. The second-order valence-corrected chi connectivity index (χ2v) is 5.16. The number of nitrogens with one attached hydrogen (secondary N) is 1. The van der Waals surface area contributed by atoms with Gasteiger partial charge in [0.25, 0.3) is 5.91 Å². The van der Waals surface area contributed by atoms with Gasteiger partial charge in [0, 0.05) is 6.54 Å². The lowest BCUT2D eigenvalue weighted by atomic mass is 10.1. The van der Waals surface area contributed by atoms with Crippen LogP contribution in [0.2, 0.25) is 0 Å². The molecule has 0 saturated heterocycles. The maximum atomic E-state index is 12.3. The summed E-state index contributed by atoms with van der Waals surface area (Å²) < 4.78 is 46.3. The highest BCUT2D eigenvalue weighted by molar-refractivity contribution is 5.96. The number of hydrogen-bond acceptors (Lipinski definition) is 3. The monoisotopic (exact) mass is 353 g/mol. The number of hydrogen-bond donors (Lipinski definition) is 1. The number of amides is 1. The summed E-state index contributed by atoms with van der Waals surface area (Å²) in [4.78, 5) is 12.3. The standard InChI is InChI=1S/C18H18F3NO3/c1-2-24-16-6-4-3-5-15(16)17(23)22-11-13-7-9-14(10-8-13)25-12-18(19,20)21/h3-10H,2,11-12H2,1H3,(H,22,23). The fourth-order valence-corrected chi connectivity index (χ4v) is 2.08. The van der Waals surface area contributed by atoms with Crippen LogP contribution in [0.5, 0.6) is 11.5 Å². The third-order valence-electron chi connectivity index (χ3n) is 3.21. The largest absolute Gasteiger partial charge is 0.493 e. The van der Waals surface area contributed by atoms with Crippen molar-refractivity contribution in [2.75, 3.05) is 13.2 Å².